The predicted octanol–water partition coefficient (Wildman–Crippen LogP) is 2.33. The maximum atomic E-state index is 14.3. The van der Waals surface area contributed by atoms with Crippen molar-refractivity contribution in [2.75, 3.05) is 13.2 Å². The third-order valence-electron chi connectivity index (χ3n) is 15.5. The molecule has 6 N–H and O–H groups in total. The zero-order chi connectivity index (χ0) is 32.9. The summed E-state index contributed by atoms with van der Waals surface area (Å²) in [6.45, 7) is 10.5. The van der Waals surface area contributed by atoms with E-state index in [-0.39, 0.29) is 45.4 Å². The summed E-state index contributed by atoms with van der Waals surface area (Å²) in [7, 11) is 0. The summed E-state index contributed by atoms with van der Waals surface area (Å²) in [6.07, 6.45) is -0.159. The topological polar surface area (TPSA) is 174 Å². The lowest BCUT2D eigenvalue weighted by Crippen LogP contribution is -2.67. The van der Waals surface area contributed by atoms with Crippen molar-refractivity contribution in [1.82, 2.24) is 0 Å². The van der Waals surface area contributed by atoms with Crippen LogP contribution in [0.2, 0.25) is 0 Å². The van der Waals surface area contributed by atoms with E-state index < -0.39 is 61.2 Å². The number of Topliss-reactive ketones (excluding diaryl/α,β-unsaturated/α-hetero) is 1. The number of carbonyl (C=O) groups is 2. The molecule has 0 amide bonds. The molecule has 0 aromatic rings. The largest absolute Gasteiger partial charge is 0.432 e. The Labute approximate surface area is 266 Å². The molecule has 5 aliphatic carbocycles. The van der Waals surface area contributed by atoms with Gasteiger partial charge < -0.3 is 40.1 Å². The van der Waals surface area contributed by atoms with Crippen LogP contribution in [0, 0.1) is 56.7 Å². The number of hydrogen-bond acceptors (Lipinski definition) is 10. The standard InChI is InChI=1S/C35H56O10/c1-31(2)22-9-12-34(5)23(32(22,3)11-10-24(31)39)7-6-19-25-18(20(38)16-36)8-13-35(25,15-14-33(19,34)4)30(43)45-29-28(42)27(41)26(40)21(17-37)44-29/h18-19,21-29,36-37,39-42H,6-17H2,1-5H3/t18-,19+,21+,22-,23+,24-,25+,26+,27-,28+,29-,32-,33+,34+,35-/m0/s1. The molecule has 6 aliphatic rings. The summed E-state index contributed by atoms with van der Waals surface area (Å²) >= 11 is 0. The van der Waals surface area contributed by atoms with Crippen molar-refractivity contribution >= 4 is 11.8 Å². The van der Waals surface area contributed by atoms with E-state index in [2.05, 4.69) is 34.6 Å². The Morgan fingerprint density at radius 2 is 1.47 bits per heavy atom. The fourth-order valence-electron chi connectivity index (χ4n) is 12.8. The van der Waals surface area contributed by atoms with Crippen molar-refractivity contribution in [3.8, 4) is 0 Å². The van der Waals surface area contributed by atoms with Crippen LogP contribution in [0.1, 0.15) is 98.8 Å². The Morgan fingerprint density at radius 1 is 0.756 bits per heavy atom. The number of carbonyl (C=O) groups excluding carboxylic acids is 2. The van der Waals surface area contributed by atoms with Gasteiger partial charge in [0.2, 0.25) is 6.29 Å². The van der Waals surface area contributed by atoms with Crippen molar-refractivity contribution in [3.63, 3.8) is 0 Å². The molecule has 10 heteroatoms. The van der Waals surface area contributed by atoms with Gasteiger partial charge in [-0.25, -0.2) is 0 Å². The van der Waals surface area contributed by atoms with E-state index in [0.717, 1.165) is 44.9 Å². The molecule has 0 spiro atoms. The molecule has 0 aromatic carbocycles. The number of fused-ring (bicyclic) bond motifs is 7. The lowest BCUT2D eigenvalue weighted by Gasteiger charge is -2.72. The van der Waals surface area contributed by atoms with E-state index in [1.807, 2.05) is 0 Å². The average Bonchev–Trinajstić information content (AvgIpc) is 3.40. The first kappa shape index (κ1) is 33.7. The lowest BCUT2D eigenvalue weighted by molar-refractivity contribution is -0.299. The molecule has 45 heavy (non-hydrogen) atoms. The Kier molecular flexibility index (Phi) is 8.41. The highest BCUT2D eigenvalue weighted by atomic mass is 16.7. The maximum Gasteiger partial charge on any atom is 0.314 e. The molecule has 5 saturated carbocycles. The molecule has 6 fully saturated rings. The number of ether oxygens (including phenoxy) is 2. The van der Waals surface area contributed by atoms with E-state index in [1.165, 1.54) is 0 Å². The van der Waals surface area contributed by atoms with Gasteiger partial charge >= 0.3 is 5.97 Å². The fraction of sp³-hybridized carbons (Fsp3) is 0.943. The number of hydrogen-bond donors (Lipinski definition) is 6. The van der Waals surface area contributed by atoms with E-state index in [1.54, 1.807) is 0 Å². The third-order valence-corrected chi connectivity index (χ3v) is 15.5. The van der Waals surface area contributed by atoms with Gasteiger partial charge in [-0.3, -0.25) is 9.59 Å². The van der Waals surface area contributed by atoms with Gasteiger partial charge in [0.15, 0.2) is 5.78 Å². The fourth-order valence-corrected chi connectivity index (χ4v) is 12.8. The van der Waals surface area contributed by atoms with Crippen molar-refractivity contribution in [3.05, 3.63) is 0 Å². The van der Waals surface area contributed by atoms with Gasteiger partial charge in [0.1, 0.15) is 31.0 Å². The first-order valence-electron chi connectivity index (χ1n) is 17.4. The summed E-state index contributed by atoms with van der Waals surface area (Å²) in [5, 5.41) is 61.9. The maximum absolute atomic E-state index is 14.3. The SMILES string of the molecule is CC1(C)[C@@H](O)CC[C@]2(C)[C@H]3CC[C@@H]4[C@H]5[C@H](C(=O)CO)CC[C@]5(C(=O)O[C@@H]5O[C@H](CO)[C@@H](O)[C@H](O)[C@H]5O)CC[C@@]4(C)[C@]3(C)CC[C@@H]12. The second-order valence-corrected chi connectivity index (χ2v) is 17.1. The molecular formula is C35H56O10. The molecular weight excluding hydrogens is 580 g/mol. The van der Waals surface area contributed by atoms with Gasteiger partial charge in [-0.1, -0.05) is 34.6 Å². The number of rotatable bonds is 5. The molecule has 10 nitrogen and oxygen atoms in total. The van der Waals surface area contributed by atoms with Gasteiger partial charge in [0, 0.05) is 5.92 Å². The van der Waals surface area contributed by atoms with E-state index >= 15 is 0 Å². The first-order valence-corrected chi connectivity index (χ1v) is 17.4. The van der Waals surface area contributed by atoms with Gasteiger partial charge in [-0.15, -0.1) is 0 Å². The van der Waals surface area contributed by atoms with E-state index in [9.17, 15) is 40.2 Å². The zero-order valence-electron chi connectivity index (χ0n) is 27.7. The summed E-state index contributed by atoms with van der Waals surface area (Å²) in [6, 6.07) is 0. The lowest BCUT2D eigenvalue weighted by atomic mass is 9.32. The van der Waals surface area contributed by atoms with Gasteiger partial charge in [0.25, 0.3) is 0 Å². The predicted molar refractivity (Wildman–Crippen MR) is 162 cm³/mol. The van der Waals surface area contributed by atoms with Crippen molar-refractivity contribution in [1.29, 1.82) is 0 Å². The second kappa shape index (κ2) is 11.2. The molecule has 1 aliphatic heterocycles. The van der Waals surface area contributed by atoms with E-state index in [0.29, 0.717) is 31.1 Å². The molecule has 0 unspecified atom stereocenters. The summed E-state index contributed by atoms with van der Waals surface area (Å²) in [4.78, 5) is 27.7. The second-order valence-electron chi connectivity index (χ2n) is 17.1. The van der Waals surface area contributed by atoms with Crippen LogP contribution >= 0.6 is 0 Å². The smallest absolute Gasteiger partial charge is 0.314 e. The van der Waals surface area contributed by atoms with Gasteiger partial charge in [-0.05, 0) is 110 Å². The molecule has 0 aromatic heterocycles. The molecule has 15 atom stereocenters. The van der Waals surface area contributed by atoms with Gasteiger partial charge in [0.05, 0.1) is 18.1 Å². The highest BCUT2D eigenvalue weighted by molar-refractivity contribution is 5.86. The van der Waals surface area contributed by atoms with Crippen molar-refractivity contribution in [2.45, 2.75) is 136 Å². The van der Waals surface area contributed by atoms with Crippen LogP contribution in [0.5, 0.6) is 0 Å². The highest BCUT2D eigenvalue weighted by Gasteiger charge is 2.72. The summed E-state index contributed by atoms with van der Waals surface area (Å²) < 4.78 is 11.4. The molecule has 1 heterocycles. The normalized spacial score (nSPS) is 53.8. The number of ketones is 1. The Bertz CT molecular complexity index is 1170. The van der Waals surface area contributed by atoms with Crippen LogP contribution in [-0.4, -0.2) is 92.4 Å². The molecule has 0 radical (unpaired) electrons. The minimum absolute atomic E-state index is 0.0394. The van der Waals surface area contributed by atoms with Crippen LogP contribution in [0.4, 0.5) is 0 Å². The van der Waals surface area contributed by atoms with Crippen LogP contribution in [0.25, 0.3) is 0 Å². The third kappa shape index (κ3) is 4.52. The molecule has 1 saturated heterocycles. The van der Waals surface area contributed by atoms with Crippen molar-refractivity contribution < 1.29 is 49.7 Å². The van der Waals surface area contributed by atoms with Crippen LogP contribution in [0.15, 0.2) is 0 Å². The van der Waals surface area contributed by atoms with Crippen molar-refractivity contribution in [2.24, 2.45) is 56.7 Å². The average molecular weight is 637 g/mol. The van der Waals surface area contributed by atoms with Crippen LogP contribution < -0.4 is 0 Å². The quantitative estimate of drug-likeness (QED) is 0.246. The monoisotopic (exact) mass is 636 g/mol. The number of aliphatic hydroxyl groups excluding tert-OH is 6. The summed E-state index contributed by atoms with van der Waals surface area (Å²) in [5.41, 5.74) is -1.30. The highest BCUT2D eigenvalue weighted by Crippen LogP contribution is 2.77. The zero-order valence-corrected chi connectivity index (χ0v) is 27.7. The number of esters is 1. The van der Waals surface area contributed by atoms with E-state index in [4.69, 9.17) is 9.47 Å². The number of aliphatic hydroxyl groups is 6. The Hall–Kier alpha value is -1.14. The first-order chi connectivity index (χ1) is 21.0. The molecule has 6 rings (SSSR count). The van der Waals surface area contributed by atoms with Crippen LogP contribution in [-0.2, 0) is 19.1 Å². The van der Waals surface area contributed by atoms with Gasteiger partial charge in [-0.2, -0.15) is 0 Å². The Balaban J connectivity index is 1.34. The minimum atomic E-state index is -1.70. The molecule has 256 valence electrons. The Morgan fingerprint density at radius 3 is 2.13 bits per heavy atom. The summed E-state index contributed by atoms with van der Waals surface area (Å²) in [5.74, 6) is -0.771. The minimum Gasteiger partial charge on any atom is -0.432 e. The molecule has 0 bridgehead atoms. The van der Waals surface area contributed by atoms with Crippen LogP contribution in [0.3, 0.4) is 0 Å².